The van der Waals surface area contributed by atoms with Crippen LogP contribution in [0.15, 0.2) is 144 Å². The second kappa shape index (κ2) is 56.8. The number of aryl methyl sites for hydroxylation is 4. The highest BCUT2D eigenvalue weighted by Gasteiger charge is 2.38. The number of aliphatic hydroxyl groups excluding tert-OH is 1. The van der Waals surface area contributed by atoms with E-state index in [0.717, 1.165) is 215 Å². The molecule has 0 saturated heterocycles. The molecule has 0 heterocycles. The Labute approximate surface area is 782 Å². The SMILES string of the molecule is C=C(C)[C@@H]1CCC(C)=C[C@H]1c1c(O)cc(CCCCC)cc1OC(=O)CCN(C)C.C=C(C)[C@@H]1CCC(C)=C[C@H]1c1c(O)cc(CCCCC)cc1OC(=O)[C@@H](C)O.C=C(C)[C@@H]1CCC(C)=C[C@H]1c1c(OC(=O)CCN(C)C)cc(CCCCC)cc1OC(=O)CCN(C)C.C=C(C)[C@@H]1CCC(C)=C[C@H]1c1c(OC(=O)CN(C)C)cc(CCCCC)cc1OC(=O)CN(C)C. The molecule has 0 unspecified atom stereocenters. The minimum absolute atomic E-state index is 0.0300. The van der Waals surface area contributed by atoms with Crippen LogP contribution >= 0.6 is 0 Å². The number of phenols is 2. The van der Waals surface area contributed by atoms with Gasteiger partial charge < -0.3 is 58.4 Å². The number of carbonyl (C=O) groups excluding carboxylic acids is 6. The number of nitrogens with zero attached hydrogens (tertiary/aromatic N) is 5. The van der Waals surface area contributed by atoms with Crippen LogP contribution in [0.2, 0.25) is 0 Å². The molecule has 0 aliphatic heterocycles. The topological polar surface area (TPSA) is 235 Å². The first kappa shape index (κ1) is 111. The van der Waals surface area contributed by atoms with Gasteiger partial charge in [0.15, 0.2) is 0 Å². The van der Waals surface area contributed by atoms with Gasteiger partial charge in [0.1, 0.15) is 52.1 Å². The van der Waals surface area contributed by atoms with Gasteiger partial charge in [-0.1, -0.05) is 174 Å². The summed E-state index contributed by atoms with van der Waals surface area (Å²) in [4.78, 5) is 85.5. The number of carbonyl (C=O) groups is 6. The van der Waals surface area contributed by atoms with Gasteiger partial charge in [0.05, 0.1) is 32.4 Å². The molecule has 3 N–H and O–H groups in total. The summed E-state index contributed by atoms with van der Waals surface area (Å²) in [7, 11) is 19.0. The summed E-state index contributed by atoms with van der Waals surface area (Å²) in [6, 6.07) is 15.4. The Morgan fingerprint density at radius 3 is 0.792 bits per heavy atom. The van der Waals surface area contributed by atoms with Crippen molar-refractivity contribution in [2.24, 2.45) is 23.7 Å². The Balaban J connectivity index is 0.000000309. The van der Waals surface area contributed by atoms with Crippen LogP contribution in [-0.2, 0) is 54.5 Å². The van der Waals surface area contributed by atoms with Crippen molar-refractivity contribution in [3.05, 3.63) is 188 Å². The fourth-order valence-corrected chi connectivity index (χ4v) is 17.5. The number of hydrogen-bond donors (Lipinski definition) is 3. The second-order valence-electron chi connectivity index (χ2n) is 38.6. The second-order valence-corrected chi connectivity index (χ2v) is 38.6. The zero-order valence-electron chi connectivity index (χ0n) is 84.1. The first-order valence-corrected chi connectivity index (χ1v) is 48.0. The smallest absolute Gasteiger partial charge is 0.340 e. The Morgan fingerprint density at radius 2 is 0.569 bits per heavy atom. The lowest BCUT2D eigenvalue weighted by molar-refractivity contribution is -0.143. The molecule has 4 aliphatic carbocycles. The van der Waals surface area contributed by atoms with E-state index < -0.39 is 12.1 Å². The first-order valence-electron chi connectivity index (χ1n) is 48.0. The van der Waals surface area contributed by atoms with Crippen LogP contribution in [0.25, 0.3) is 0 Å². The van der Waals surface area contributed by atoms with Gasteiger partial charge in [-0.05, 0) is 330 Å². The van der Waals surface area contributed by atoms with Crippen molar-refractivity contribution in [3.63, 3.8) is 0 Å². The number of likely N-dealkylation sites (N-methyl/N-ethyl adjacent to an activating group) is 2. The van der Waals surface area contributed by atoms with Crippen LogP contribution in [0.1, 0.15) is 306 Å². The zero-order valence-corrected chi connectivity index (χ0v) is 84.1. The Hall–Kier alpha value is -9.02. The third kappa shape index (κ3) is 37.6. The van der Waals surface area contributed by atoms with Crippen molar-refractivity contribution >= 4 is 35.8 Å². The van der Waals surface area contributed by atoms with Crippen LogP contribution in [0.3, 0.4) is 0 Å². The average molecular weight is 1800 g/mol. The molecular formula is C110H165N5O15. The third-order valence-electron chi connectivity index (χ3n) is 24.7. The number of aliphatic hydroxyl groups is 1. The summed E-state index contributed by atoms with van der Waals surface area (Å²) in [5.74, 6) is 1.43. The van der Waals surface area contributed by atoms with Crippen molar-refractivity contribution < 1.29 is 72.5 Å². The minimum Gasteiger partial charge on any atom is -0.507 e. The van der Waals surface area contributed by atoms with Gasteiger partial charge in [-0.25, -0.2) is 4.79 Å². The van der Waals surface area contributed by atoms with Gasteiger partial charge >= 0.3 is 35.8 Å². The summed E-state index contributed by atoms with van der Waals surface area (Å²) >= 11 is 0. The molecule has 0 bridgehead atoms. The number of phenolic OH excluding ortho intramolecular Hbond substituents is 2. The Bertz CT molecular complexity index is 4460. The fourth-order valence-electron chi connectivity index (χ4n) is 17.5. The van der Waals surface area contributed by atoms with E-state index in [0.29, 0.717) is 66.1 Å². The van der Waals surface area contributed by atoms with Gasteiger partial charge in [-0.2, -0.15) is 0 Å². The molecule has 4 aliphatic rings. The van der Waals surface area contributed by atoms with E-state index in [1.54, 1.807) is 15.9 Å². The number of allylic oxidation sites excluding steroid dienone is 12. The lowest BCUT2D eigenvalue weighted by Crippen LogP contribution is -2.28. The minimum atomic E-state index is -1.22. The summed E-state index contributed by atoms with van der Waals surface area (Å²) in [6.07, 6.45) is 32.8. The number of benzene rings is 4. The van der Waals surface area contributed by atoms with Crippen molar-refractivity contribution in [2.75, 3.05) is 103 Å². The molecular weight excluding hydrogens is 1630 g/mol. The van der Waals surface area contributed by atoms with Crippen molar-refractivity contribution in [2.45, 2.75) is 293 Å². The van der Waals surface area contributed by atoms with Gasteiger partial charge in [0.25, 0.3) is 0 Å². The number of unbranched alkanes of at least 4 members (excludes halogenated alkanes) is 8. The van der Waals surface area contributed by atoms with Gasteiger partial charge in [-0.3, -0.25) is 33.8 Å². The normalized spacial score (nSPS) is 18.6. The Kier molecular flexibility index (Phi) is 48.7. The van der Waals surface area contributed by atoms with Crippen LogP contribution in [0, 0.1) is 23.7 Å². The lowest BCUT2D eigenvalue weighted by Gasteiger charge is -2.32. The molecule has 0 fully saturated rings. The molecule has 9 atom stereocenters. The molecule has 0 aromatic heterocycles. The molecule has 20 heteroatoms. The van der Waals surface area contributed by atoms with E-state index in [9.17, 15) is 44.1 Å². The third-order valence-corrected chi connectivity index (χ3v) is 24.7. The van der Waals surface area contributed by atoms with Gasteiger partial charge in [-0.15, -0.1) is 0 Å². The molecule has 20 nitrogen and oxygen atoms in total. The highest BCUT2D eigenvalue weighted by atomic mass is 16.6. The first-order chi connectivity index (χ1) is 61.5. The largest absolute Gasteiger partial charge is 0.507 e. The van der Waals surface area contributed by atoms with E-state index in [-0.39, 0.29) is 115 Å². The van der Waals surface area contributed by atoms with Crippen molar-refractivity contribution in [3.8, 4) is 46.0 Å². The predicted octanol–water partition coefficient (Wildman–Crippen LogP) is 22.9. The lowest BCUT2D eigenvalue weighted by atomic mass is 9.73. The molecule has 8 rings (SSSR count). The standard InChI is InChI=1S/C31H48N2O4.C29H44N2O4.C26H39NO3.C24H34O4/c1-9-10-11-12-24-20-27(36-29(34)15-17-32(5)6)31(26-19-23(4)13-14-25(26)22(2)3)28(21-24)37-30(35)16-18-33(7)8;1-9-10-11-12-22-16-25(34-27(32)18-30(5)6)29(26(17-22)35-28(33)19-31(7)8)24-15-21(4)13-14-23(24)20(2)3;1-7-8-9-10-20-16-23(28)26(22-15-19(4)11-12-21(22)18(2)3)24(17-20)30-25(29)13-14-27(5)6;1-6-7-8-9-18-13-21(26)23(22(14-18)28-24(27)17(5)25)20-12-16(4)10-11-19(20)15(2)3/h19-21,25-26H,2,9-18H2,1,3-8H3;15-17,23-24H,2,9-14,18-19H2,1,3-8H3;15-17,21-22,28H,2,7-14H2,1,3-6H3;12-14,17,19-20,25-26H,2,6-11H2,1,3-5H3/t25-,26+;23-,24+;21-,22+;17-,19+,20-/m0001/s1. The summed E-state index contributed by atoms with van der Waals surface area (Å²) < 4.78 is 35.5. The van der Waals surface area contributed by atoms with E-state index in [4.69, 9.17) is 28.4 Å². The number of rotatable bonds is 44. The van der Waals surface area contributed by atoms with Crippen molar-refractivity contribution in [1.29, 1.82) is 0 Å². The monoisotopic (exact) mass is 1800 g/mol. The highest BCUT2D eigenvalue weighted by Crippen LogP contribution is 2.53. The molecule has 720 valence electrons. The molecule has 0 spiro atoms. The van der Waals surface area contributed by atoms with E-state index in [1.807, 2.05) is 148 Å². The molecule has 0 radical (unpaired) electrons. The maximum atomic E-state index is 12.9. The molecule has 0 amide bonds. The quantitative estimate of drug-likeness (QED) is 0.0162. The van der Waals surface area contributed by atoms with E-state index in [1.165, 1.54) is 29.2 Å². The molecule has 0 saturated carbocycles. The van der Waals surface area contributed by atoms with E-state index in [2.05, 4.69) is 113 Å². The molecule has 130 heavy (non-hydrogen) atoms. The van der Waals surface area contributed by atoms with Crippen LogP contribution in [0.4, 0.5) is 0 Å². The van der Waals surface area contributed by atoms with E-state index >= 15 is 0 Å². The summed E-state index contributed by atoms with van der Waals surface area (Å²) in [5, 5.41) is 31.6. The maximum Gasteiger partial charge on any atom is 0.340 e. The van der Waals surface area contributed by atoms with Crippen LogP contribution < -0.4 is 28.4 Å². The molecule has 4 aromatic rings. The highest BCUT2D eigenvalue weighted by molar-refractivity contribution is 5.80. The zero-order chi connectivity index (χ0) is 96.8. The molecule has 4 aromatic carbocycles. The number of ether oxygens (including phenoxy) is 6. The van der Waals surface area contributed by atoms with Gasteiger partial charge in [0, 0.05) is 65.6 Å². The predicted molar refractivity (Wildman–Crippen MR) is 530 cm³/mol. The Morgan fingerprint density at radius 1 is 0.346 bits per heavy atom. The van der Waals surface area contributed by atoms with Crippen molar-refractivity contribution in [1.82, 2.24) is 24.5 Å². The maximum absolute atomic E-state index is 12.9. The van der Waals surface area contributed by atoms with Gasteiger partial charge in [0.2, 0.25) is 0 Å². The van der Waals surface area contributed by atoms with Crippen LogP contribution in [-0.4, -0.2) is 185 Å². The summed E-state index contributed by atoms with van der Waals surface area (Å²) in [5.41, 5.74) is 16.3. The average Bonchev–Trinajstić information content (AvgIpc) is 0.795. The number of esters is 6. The van der Waals surface area contributed by atoms with Crippen LogP contribution in [0.5, 0.6) is 46.0 Å². The fraction of sp³-hybridized carbons (Fsp3) is 0.582. The number of aromatic hydroxyl groups is 2. The number of hydrogen-bond acceptors (Lipinski definition) is 20. The summed E-state index contributed by atoms with van der Waals surface area (Å²) in [6.45, 7) is 45.7.